The van der Waals surface area contributed by atoms with Crippen LogP contribution >= 0.6 is 0 Å². The molecule has 0 amide bonds. The third kappa shape index (κ3) is 2.66. The lowest BCUT2D eigenvalue weighted by molar-refractivity contribution is 0.568. The molecule has 0 aliphatic rings. The fourth-order valence-electron chi connectivity index (χ4n) is 1.98. The predicted molar refractivity (Wildman–Crippen MR) is 76.0 cm³/mol. The number of hydrogen-bond donors (Lipinski definition) is 1. The van der Waals surface area contributed by atoms with E-state index in [1.165, 1.54) is 6.39 Å². The van der Waals surface area contributed by atoms with E-state index < -0.39 is 0 Å². The fraction of sp³-hybridized carbons (Fsp3) is 0.133. The van der Waals surface area contributed by atoms with Gasteiger partial charge in [-0.15, -0.1) is 10.2 Å². The van der Waals surface area contributed by atoms with Crippen LogP contribution in [0.4, 0.5) is 5.69 Å². The van der Waals surface area contributed by atoms with E-state index in [9.17, 15) is 0 Å². The highest BCUT2D eigenvalue weighted by Gasteiger charge is 2.06. The number of aromatic nitrogens is 3. The minimum Gasteiger partial charge on any atom is -0.423 e. The normalized spacial score (nSPS) is 10.4. The van der Waals surface area contributed by atoms with Gasteiger partial charge in [-0.2, -0.15) is 0 Å². The second-order valence-electron chi connectivity index (χ2n) is 4.45. The van der Waals surface area contributed by atoms with Crippen molar-refractivity contribution in [1.82, 2.24) is 15.2 Å². The highest BCUT2D eigenvalue weighted by atomic mass is 16.4. The monoisotopic (exact) mass is 266 g/mol. The molecule has 1 aromatic carbocycles. The van der Waals surface area contributed by atoms with E-state index >= 15 is 0 Å². The van der Waals surface area contributed by atoms with Gasteiger partial charge in [0, 0.05) is 17.4 Å². The lowest BCUT2D eigenvalue weighted by Crippen LogP contribution is -2.02. The number of nitrogens with zero attached hydrogens (tertiary/aromatic N) is 3. The lowest BCUT2D eigenvalue weighted by Gasteiger charge is -2.09. The lowest BCUT2D eigenvalue weighted by atomic mass is 10.1. The van der Waals surface area contributed by atoms with Crippen molar-refractivity contribution in [2.45, 2.75) is 13.5 Å². The smallest absolute Gasteiger partial charge is 0.247 e. The number of benzene rings is 1. The maximum absolute atomic E-state index is 5.19. The Hall–Kier alpha value is -2.69. The van der Waals surface area contributed by atoms with Gasteiger partial charge in [-0.3, -0.25) is 4.98 Å². The summed E-state index contributed by atoms with van der Waals surface area (Å²) in [4.78, 5) is 4.29. The Kier molecular flexibility index (Phi) is 3.41. The molecule has 2 aromatic heterocycles. The van der Waals surface area contributed by atoms with Crippen molar-refractivity contribution >= 4 is 5.69 Å². The van der Waals surface area contributed by atoms with Gasteiger partial charge in [-0.25, -0.2) is 0 Å². The molecule has 0 bridgehead atoms. The molecule has 5 heteroatoms. The second kappa shape index (κ2) is 5.52. The molecule has 2 heterocycles. The van der Waals surface area contributed by atoms with Gasteiger partial charge in [0.1, 0.15) is 0 Å². The van der Waals surface area contributed by atoms with Crippen molar-refractivity contribution in [3.05, 3.63) is 60.2 Å². The van der Waals surface area contributed by atoms with Gasteiger partial charge in [0.05, 0.1) is 12.2 Å². The van der Waals surface area contributed by atoms with Gasteiger partial charge in [-0.1, -0.05) is 6.07 Å². The highest BCUT2D eigenvalue weighted by molar-refractivity contribution is 5.62. The summed E-state index contributed by atoms with van der Waals surface area (Å²) >= 11 is 0. The summed E-state index contributed by atoms with van der Waals surface area (Å²) in [6, 6.07) is 11.9. The Morgan fingerprint density at radius 1 is 1.20 bits per heavy atom. The summed E-state index contributed by atoms with van der Waals surface area (Å²) in [5.41, 5.74) is 4.12. The zero-order valence-electron chi connectivity index (χ0n) is 11.1. The molecule has 0 aliphatic carbocycles. The average molecular weight is 266 g/mol. The summed E-state index contributed by atoms with van der Waals surface area (Å²) in [6.45, 7) is 2.74. The number of rotatable bonds is 4. The van der Waals surface area contributed by atoms with Gasteiger partial charge < -0.3 is 9.73 Å². The van der Waals surface area contributed by atoms with Crippen molar-refractivity contribution in [1.29, 1.82) is 0 Å². The van der Waals surface area contributed by atoms with E-state index in [4.69, 9.17) is 4.42 Å². The van der Waals surface area contributed by atoms with E-state index in [0.717, 1.165) is 22.5 Å². The first-order chi connectivity index (χ1) is 9.83. The minimum atomic E-state index is 0.532. The SMILES string of the molecule is Cc1cc(-c2nnco2)ccc1NCc1ccccn1. The zero-order chi connectivity index (χ0) is 13.8. The third-order valence-electron chi connectivity index (χ3n) is 3.02. The molecule has 5 nitrogen and oxygen atoms in total. The summed E-state index contributed by atoms with van der Waals surface area (Å²) in [7, 11) is 0. The molecule has 1 N–H and O–H groups in total. The predicted octanol–water partition coefficient (Wildman–Crippen LogP) is 3.05. The van der Waals surface area contributed by atoms with E-state index in [1.54, 1.807) is 6.20 Å². The molecular weight excluding hydrogens is 252 g/mol. The first kappa shape index (κ1) is 12.3. The number of nitrogens with one attached hydrogen (secondary N) is 1. The van der Waals surface area contributed by atoms with E-state index in [-0.39, 0.29) is 0 Å². The number of aryl methyl sites for hydroxylation is 1. The van der Waals surface area contributed by atoms with Crippen LogP contribution in [0, 0.1) is 6.92 Å². The minimum absolute atomic E-state index is 0.532. The molecule has 0 spiro atoms. The maximum atomic E-state index is 5.19. The summed E-state index contributed by atoms with van der Waals surface area (Å²) < 4.78 is 5.19. The number of anilines is 1. The van der Waals surface area contributed by atoms with Crippen LogP contribution in [0.15, 0.2) is 53.4 Å². The molecule has 3 rings (SSSR count). The quantitative estimate of drug-likeness (QED) is 0.786. The zero-order valence-corrected chi connectivity index (χ0v) is 11.1. The van der Waals surface area contributed by atoms with Gasteiger partial charge in [0.25, 0.3) is 0 Å². The van der Waals surface area contributed by atoms with Crippen molar-refractivity contribution < 1.29 is 4.42 Å². The van der Waals surface area contributed by atoms with E-state index in [1.807, 2.05) is 43.3 Å². The molecule has 0 saturated heterocycles. The fourth-order valence-corrected chi connectivity index (χ4v) is 1.98. The van der Waals surface area contributed by atoms with Gasteiger partial charge in [-0.05, 0) is 42.8 Å². The first-order valence-electron chi connectivity index (χ1n) is 6.34. The second-order valence-corrected chi connectivity index (χ2v) is 4.45. The topological polar surface area (TPSA) is 63.8 Å². The van der Waals surface area contributed by atoms with Crippen LogP contribution in [-0.4, -0.2) is 15.2 Å². The van der Waals surface area contributed by atoms with Crippen LogP contribution in [0.25, 0.3) is 11.5 Å². The summed E-state index contributed by atoms with van der Waals surface area (Å²) in [5, 5.41) is 11.0. The van der Waals surface area contributed by atoms with Crippen LogP contribution in [0.2, 0.25) is 0 Å². The third-order valence-corrected chi connectivity index (χ3v) is 3.02. The average Bonchev–Trinajstić information content (AvgIpc) is 3.01. The molecule has 0 aliphatic heterocycles. The molecule has 0 saturated carbocycles. The summed E-state index contributed by atoms with van der Waals surface area (Å²) in [5.74, 6) is 0.532. The Labute approximate surface area is 116 Å². The first-order valence-corrected chi connectivity index (χ1v) is 6.34. The summed E-state index contributed by atoms with van der Waals surface area (Å²) in [6.07, 6.45) is 3.13. The van der Waals surface area contributed by atoms with Crippen LogP contribution < -0.4 is 5.32 Å². The molecule has 0 radical (unpaired) electrons. The van der Waals surface area contributed by atoms with Crippen LogP contribution in [0.1, 0.15) is 11.3 Å². The highest BCUT2D eigenvalue weighted by Crippen LogP contribution is 2.23. The largest absolute Gasteiger partial charge is 0.423 e. The van der Waals surface area contributed by atoms with Crippen molar-refractivity contribution in [3.63, 3.8) is 0 Å². The molecule has 0 fully saturated rings. The van der Waals surface area contributed by atoms with Gasteiger partial charge in [0.15, 0.2) is 0 Å². The Bertz CT molecular complexity index is 680. The standard InChI is InChI=1S/C15H14N4O/c1-11-8-12(15-19-18-10-20-15)5-6-14(11)17-9-13-4-2-3-7-16-13/h2-8,10,17H,9H2,1H3. The van der Waals surface area contributed by atoms with E-state index in [2.05, 4.69) is 20.5 Å². The molecule has 0 unspecified atom stereocenters. The van der Waals surface area contributed by atoms with Crippen molar-refractivity contribution in [2.75, 3.05) is 5.32 Å². The van der Waals surface area contributed by atoms with Crippen LogP contribution in [0.3, 0.4) is 0 Å². The Morgan fingerprint density at radius 3 is 2.85 bits per heavy atom. The van der Waals surface area contributed by atoms with Gasteiger partial charge >= 0.3 is 0 Å². The van der Waals surface area contributed by atoms with Crippen molar-refractivity contribution in [3.8, 4) is 11.5 Å². The molecule has 20 heavy (non-hydrogen) atoms. The molecule has 100 valence electrons. The Balaban J connectivity index is 1.75. The van der Waals surface area contributed by atoms with Crippen LogP contribution in [0.5, 0.6) is 0 Å². The van der Waals surface area contributed by atoms with Gasteiger partial charge in [0.2, 0.25) is 12.3 Å². The van der Waals surface area contributed by atoms with Crippen LogP contribution in [-0.2, 0) is 6.54 Å². The molecular formula is C15H14N4O. The van der Waals surface area contributed by atoms with Crippen molar-refractivity contribution in [2.24, 2.45) is 0 Å². The molecule has 3 aromatic rings. The number of pyridine rings is 1. The number of hydrogen-bond acceptors (Lipinski definition) is 5. The van der Waals surface area contributed by atoms with E-state index in [0.29, 0.717) is 12.4 Å². The Morgan fingerprint density at radius 2 is 2.15 bits per heavy atom. The maximum Gasteiger partial charge on any atom is 0.247 e. The molecule has 0 atom stereocenters.